The van der Waals surface area contributed by atoms with E-state index in [2.05, 4.69) is 27.1 Å². The Hall–Kier alpha value is -3.04. The van der Waals surface area contributed by atoms with Crippen LogP contribution in [0.1, 0.15) is 30.4 Å². The van der Waals surface area contributed by atoms with Crippen LogP contribution in [0.2, 0.25) is 0 Å². The number of nitrogens with zero attached hydrogens (tertiary/aromatic N) is 7. The molecule has 9 nitrogen and oxygen atoms in total. The van der Waals surface area contributed by atoms with E-state index in [0.29, 0.717) is 54.7 Å². The van der Waals surface area contributed by atoms with Crippen LogP contribution in [0.15, 0.2) is 0 Å². The molecule has 0 saturated carbocycles. The number of aromatic nitrogens is 3. The van der Waals surface area contributed by atoms with E-state index < -0.39 is 0 Å². The Morgan fingerprint density at radius 3 is 2.27 bits per heavy atom. The van der Waals surface area contributed by atoms with Crippen LogP contribution in [-0.4, -0.2) is 54.0 Å². The number of anilines is 3. The van der Waals surface area contributed by atoms with Crippen molar-refractivity contribution < 1.29 is 4.74 Å². The first-order chi connectivity index (χ1) is 12.7. The van der Waals surface area contributed by atoms with Crippen molar-refractivity contribution in [3.63, 3.8) is 0 Å². The third kappa shape index (κ3) is 2.57. The number of nitriles is 2. The van der Waals surface area contributed by atoms with Crippen LogP contribution in [0.25, 0.3) is 5.65 Å². The third-order valence-electron chi connectivity index (χ3n) is 4.94. The lowest BCUT2D eigenvalue weighted by Gasteiger charge is -2.29. The van der Waals surface area contributed by atoms with Crippen LogP contribution < -0.4 is 15.5 Å². The molecule has 0 aliphatic carbocycles. The largest absolute Gasteiger partial charge is 0.382 e. The highest BCUT2D eigenvalue weighted by Gasteiger charge is 2.28. The van der Waals surface area contributed by atoms with Gasteiger partial charge in [-0.3, -0.25) is 0 Å². The van der Waals surface area contributed by atoms with Gasteiger partial charge >= 0.3 is 0 Å². The number of morpholine rings is 1. The maximum absolute atomic E-state index is 9.73. The van der Waals surface area contributed by atoms with E-state index >= 15 is 0 Å². The molecule has 134 valence electrons. The summed E-state index contributed by atoms with van der Waals surface area (Å²) in [6, 6.07) is 4.40. The quantitative estimate of drug-likeness (QED) is 0.846. The Labute approximate surface area is 151 Å². The molecule has 0 atom stereocenters. The topological polar surface area (TPSA) is 120 Å². The van der Waals surface area contributed by atoms with Crippen LogP contribution in [0, 0.1) is 22.7 Å². The van der Waals surface area contributed by atoms with Gasteiger partial charge in [-0.2, -0.15) is 15.0 Å². The monoisotopic (exact) mass is 352 g/mol. The Balaban J connectivity index is 1.94. The SMILES string of the molecule is N#Cc1c(N)nc2c(C#N)c(N3CCOCC3)nn2c1N1CCCCC1. The molecule has 0 amide bonds. The fourth-order valence-corrected chi connectivity index (χ4v) is 3.64. The molecule has 0 spiro atoms. The van der Waals surface area contributed by atoms with Crippen LogP contribution >= 0.6 is 0 Å². The molecular weight excluding hydrogens is 332 g/mol. The van der Waals surface area contributed by atoms with Gasteiger partial charge in [0.25, 0.3) is 0 Å². The van der Waals surface area contributed by atoms with Crippen molar-refractivity contribution in [2.45, 2.75) is 19.3 Å². The summed E-state index contributed by atoms with van der Waals surface area (Å²) in [4.78, 5) is 8.49. The molecule has 26 heavy (non-hydrogen) atoms. The molecule has 0 radical (unpaired) electrons. The highest BCUT2D eigenvalue weighted by molar-refractivity contribution is 5.76. The van der Waals surface area contributed by atoms with Gasteiger partial charge in [0.15, 0.2) is 17.3 Å². The molecule has 9 heteroatoms. The number of fused-ring (bicyclic) bond motifs is 1. The molecule has 2 aliphatic rings. The number of nitrogens with two attached hydrogens (primary N) is 1. The van der Waals surface area contributed by atoms with Crippen molar-refractivity contribution in [1.29, 1.82) is 10.5 Å². The van der Waals surface area contributed by atoms with Crippen LogP contribution in [0.3, 0.4) is 0 Å². The third-order valence-corrected chi connectivity index (χ3v) is 4.94. The smallest absolute Gasteiger partial charge is 0.179 e. The second-order valence-electron chi connectivity index (χ2n) is 6.50. The molecule has 0 aromatic carbocycles. The van der Waals surface area contributed by atoms with E-state index in [4.69, 9.17) is 10.5 Å². The molecule has 0 unspecified atom stereocenters. The van der Waals surface area contributed by atoms with E-state index in [-0.39, 0.29) is 5.82 Å². The first kappa shape index (κ1) is 16.4. The molecule has 2 aliphatic heterocycles. The van der Waals surface area contributed by atoms with Crippen LogP contribution in [0.4, 0.5) is 17.5 Å². The van der Waals surface area contributed by atoms with Crippen molar-refractivity contribution in [3.8, 4) is 12.1 Å². The lowest BCUT2D eigenvalue weighted by atomic mass is 10.1. The maximum atomic E-state index is 9.73. The minimum Gasteiger partial charge on any atom is -0.382 e. The number of rotatable bonds is 2. The minimum absolute atomic E-state index is 0.144. The summed E-state index contributed by atoms with van der Waals surface area (Å²) >= 11 is 0. The Bertz CT molecular complexity index is 910. The molecule has 4 rings (SSSR count). The summed E-state index contributed by atoms with van der Waals surface area (Å²) in [7, 11) is 0. The van der Waals surface area contributed by atoms with E-state index in [1.807, 2.05) is 4.90 Å². The fraction of sp³-hybridized carbons (Fsp3) is 0.529. The zero-order valence-corrected chi connectivity index (χ0v) is 14.5. The van der Waals surface area contributed by atoms with Gasteiger partial charge in [-0.15, -0.1) is 5.10 Å². The van der Waals surface area contributed by atoms with Crippen molar-refractivity contribution in [2.75, 3.05) is 54.9 Å². The summed E-state index contributed by atoms with van der Waals surface area (Å²) in [6.45, 7) is 4.19. The maximum Gasteiger partial charge on any atom is 0.179 e. The standard InChI is InChI=1S/C17H20N8O/c18-10-12-14(20)21-15-13(11-19)16(23-6-8-26-9-7-23)22-25(15)17(12)24-4-2-1-3-5-24/h1-9H2,(H2,20,21). The average molecular weight is 352 g/mol. The van der Waals surface area contributed by atoms with E-state index in [9.17, 15) is 10.5 Å². The molecule has 0 bridgehead atoms. The van der Waals surface area contributed by atoms with Gasteiger partial charge in [0.05, 0.1) is 13.2 Å². The summed E-state index contributed by atoms with van der Waals surface area (Å²) in [5.74, 6) is 1.37. The number of nitrogen functional groups attached to an aromatic ring is 1. The van der Waals surface area contributed by atoms with Gasteiger partial charge in [-0.25, -0.2) is 4.98 Å². The fourth-order valence-electron chi connectivity index (χ4n) is 3.64. The van der Waals surface area contributed by atoms with Gasteiger partial charge in [-0.05, 0) is 19.3 Å². The lowest BCUT2D eigenvalue weighted by molar-refractivity contribution is 0.122. The molecular formula is C17H20N8O. The van der Waals surface area contributed by atoms with Gasteiger partial charge < -0.3 is 20.3 Å². The highest BCUT2D eigenvalue weighted by Crippen LogP contribution is 2.32. The summed E-state index contributed by atoms with van der Waals surface area (Å²) < 4.78 is 7.03. The number of hydrogen-bond donors (Lipinski definition) is 1. The van der Waals surface area contributed by atoms with Gasteiger partial charge in [0, 0.05) is 26.2 Å². The van der Waals surface area contributed by atoms with Crippen molar-refractivity contribution in [2.24, 2.45) is 0 Å². The number of hydrogen-bond acceptors (Lipinski definition) is 8. The zero-order valence-electron chi connectivity index (χ0n) is 14.5. The molecule has 2 N–H and O–H groups in total. The number of ether oxygens (including phenoxy) is 1. The molecule has 2 aromatic rings. The van der Waals surface area contributed by atoms with Crippen LogP contribution in [-0.2, 0) is 4.74 Å². The van der Waals surface area contributed by atoms with E-state index in [0.717, 1.165) is 25.9 Å². The summed E-state index contributed by atoms with van der Waals surface area (Å²) in [5, 5.41) is 24.1. The Kier molecular flexibility index (Phi) is 4.23. The van der Waals surface area contributed by atoms with E-state index in [1.165, 1.54) is 6.42 Å². The first-order valence-electron chi connectivity index (χ1n) is 8.84. The van der Waals surface area contributed by atoms with Gasteiger partial charge in [0.1, 0.15) is 29.1 Å². The number of piperidine rings is 1. The van der Waals surface area contributed by atoms with Crippen molar-refractivity contribution in [3.05, 3.63) is 11.1 Å². The minimum atomic E-state index is 0.144. The highest BCUT2D eigenvalue weighted by atomic mass is 16.5. The molecule has 2 aromatic heterocycles. The Morgan fingerprint density at radius 1 is 0.923 bits per heavy atom. The van der Waals surface area contributed by atoms with E-state index in [1.54, 1.807) is 4.52 Å². The molecule has 2 fully saturated rings. The lowest BCUT2D eigenvalue weighted by Crippen LogP contribution is -2.37. The van der Waals surface area contributed by atoms with Crippen molar-refractivity contribution >= 4 is 23.1 Å². The van der Waals surface area contributed by atoms with Gasteiger partial charge in [0.2, 0.25) is 0 Å². The van der Waals surface area contributed by atoms with Crippen molar-refractivity contribution in [1.82, 2.24) is 14.6 Å². The second kappa shape index (κ2) is 6.70. The zero-order chi connectivity index (χ0) is 18.1. The summed E-state index contributed by atoms with van der Waals surface area (Å²) in [5.41, 5.74) is 7.19. The first-order valence-corrected chi connectivity index (χ1v) is 8.84. The Morgan fingerprint density at radius 2 is 1.62 bits per heavy atom. The summed E-state index contributed by atoms with van der Waals surface area (Å²) in [6.07, 6.45) is 3.28. The molecule has 4 heterocycles. The molecule has 2 saturated heterocycles. The second-order valence-corrected chi connectivity index (χ2v) is 6.50. The predicted molar refractivity (Wildman–Crippen MR) is 95.9 cm³/mol. The average Bonchev–Trinajstić information content (AvgIpc) is 3.06. The normalized spacial score (nSPS) is 17.9. The predicted octanol–water partition coefficient (Wildman–Crippen LogP) is 0.882. The van der Waals surface area contributed by atoms with Gasteiger partial charge in [-0.1, -0.05) is 0 Å². The van der Waals surface area contributed by atoms with Crippen LogP contribution in [0.5, 0.6) is 0 Å².